The molecule has 28 heavy (non-hydrogen) atoms. The van der Waals surface area contributed by atoms with Crippen LogP contribution in [0.4, 0.5) is 5.69 Å². The van der Waals surface area contributed by atoms with Crippen molar-refractivity contribution < 1.29 is 19.1 Å². The van der Waals surface area contributed by atoms with Crippen LogP contribution in [0.3, 0.4) is 0 Å². The van der Waals surface area contributed by atoms with Crippen molar-refractivity contribution in [2.24, 2.45) is 0 Å². The van der Waals surface area contributed by atoms with Gasteiger partial charge in [-0.2, -0.15) is 0 Å². The summed E-state index contributed by atoms with van der Waals surface area (Å²) < 4.78 is 6.62. The van der Waals surface area contributed by atoms with E-state index in [0.29, 0.717) is 11.3 Å². The standard InChI is InChI=1S/C20H20N4O4/c1-13-6-5-7-15(14(13)2)23-18(25)10-21-19(26)12-28-20(27)16-11-24-9-4-3-8-17(24)22-16/h3-9,11H,10,12H2,1-2H3,(H,21,26)(H,23,25). The summed E-state index contributed by atoms with van der Waals surface area (Å²) in [5.41, 5.74) is 3.41. The minimum atomic E-state index is -0.710. The van der Waals surface area contributed by atoms with Crippen LogP contribution < -0.4 is 10.6 Å². The van der Waals surface area contributed by atoms with E-state index >= 15 is 0 Å². The normalized spacial score (nSPS) is 10.5. The molecule has 2 amide bonds. The number of aryl methyl sites for hydroxylation is 1. The second-order valence-corrected chi connectivity index (χ2v) is 6.24. The van der Waals surface area contributed by atoms with Gasteiger partial charge in [-0.1, -0.05) is 18.2 Å². The second-order valence-electron chi connectivity index (χ2n) is 6.24. The lowest BCUT2D eigenvalue weighted by Crippen LogP contribution is -2.35. The summed E-state index contributed by atoms with van der Waals surface area (Å²) in [6.07, 6.45) is 3.27. The van der Waals surface area contributed by atoms with E-state index in [0.717, 1.165) is 11.1 Å². The summed E-state index contributed by atoms with van der Waals surface area (Å²) in [5, 5.41) is 5.15. The molecule has 144 valence electrons. The van der Waals surface area contributed by atoms with Crippen LogP contribution in [0.2, 0.25) is 0 Å². The number of imidazole rings is 1. The van der Waals surface area contributed by atoms with Gasteiger partial charge in [-0.15, -0.1) is 0 Å². The molecule has 0 fully saturated rings. The van der Waals surface area contributed by atoms with Gasteiger partial charge in [0.1, 0.15) is 5.65 Å². The van der Waals surface area contributed by atoms with E-state index in [2.05, 4.69) is 15.6 Å². The Morgan fingerprint density at radius 3 is 2.68 bits per heavy atom. The zero-order valence-electron chi connectivity index (χ0n) is 15.6. The van der Waals surface area contributed by atoms with Gasteiger partial charge in [-0.05, 0) is 43.2 Å². The number of hydrogen-bond acceptors (Lipinski definition) is 5. The molecule has 0 radical (unpaired) electrons. The Morgan fingerprint density at radius 2 is 1.89 bits per heavy atom. The smallest absolute Gasteiger partial charge is 0.359 e. The number of anilines is 1. The lowest BCUT2D eigenvalue weighted by molar-refractivity contribution is -0.126. The van der Waals surface area contributed by atoms with Gasteiger partial charge in [0.25, 0.3) is 5.91 Å². The first-order chi connectivity index (χ1) is 13.4. The van der Waals surface area contributed by atoms with Crippen molar-refractivity contribution in [1.82, 2.24) is 14.7 Å². The summed E-state index contributed by atoms with van der Waals surface area (Å²) in [5.74, 6) is -1.65. The number of nitrogens with zero attached hydrogens (tertiary/aromatic N) is 2. The van der Waals surface area contributed by atoms with Gasteiger partial charge >= 0.3 is 5.97 Å². The van der Waals surface area contributed by atoms with Crippen molar-refractivity contribution in [2.75, 3.05) is 18.5 Å². The van der Waals surface area contributed by atoms with Crippen LogP contribution in [0.25, 0.3) is 5.65 Å². The zero-order chi connectivity index (χ0) is 20.1. The summed E-state index contributed by atoms with van der Waals surface area (Å²) in [7, 11) is 0. The first-order valence-corrected chi connectivity index (χ1v) is 8.67. The third-order valence-electron chi connectivity index (χ3n) is 4.23. The monoisotopic (exact) mass is 380 g/mol. The van der Waals surface area contributed by atoms with Gasteiger partial charge in [0.15, 0.2) is 12.3 Å². The number of aromatic nitrogens is 2. The van der Waals surface area contributed by atoms with Crippen molar-refractivity contribution in [1.29, 1.82) is 0 Å². The van der Waals surface area contributed by atoms with Crippen LogP contribution in [0, 0.1) is 13.8 Å². The zero-order valence-corrected chi connectivity index (χ0v) is 15.6. The third-order valence-corrected chi connectivity index (χ3v) is 4.23. The molecule has 1 aromatic carbocycles. The molecule has 8 heteroatoms. The molecule has 0 aliphatic heterocycles. The number of nitrogens with one attached hydrogen (secondary N) is 2. The van der Waals surface area contributed by atoms with Crippen molar-refractivity contribution in [3.63, 3.8) is 0 Å². The quantitative estimate of drug-likeness (QED) is 0.636. The molecule has 0 atom stereocenters. The molecule has 0 spiro atoms. The Balaban J connectivity index is 1.45. The van der Waals surface area contributed by atoms with Gasteiger partial charge in [0, 0.05) is 18.1 Å². The molecule has 2 heterocycles. The van der Waals surface area contributed by atoms with E-state index in [9.17, 15) is 14.4 Å². The molecule has 0 aliphatic carbocycles. The summed E-state index contributed by atoms with van der Waals surface area (Å²) in [6.45, 7) is 3.13. The molecule has 0 unspecified atom stereocenters. The minimum Gasteiger partial charge on any atom is -0.451 e. The fourth-order valence-electron chi connectivity index (χ4n) is 2.55. The maximum absolute atomic E-state index is 12.0. The molecule has 8 nitrogen and oxygen atoms in total. The van der Waals surface area contributed by atoms with Gasteiger partial charge < -0.3 is 19.8 Å². The lowest BCUT2D eigenvalue weighted by Gasteiger charge is -2.11. The maximum Gasteiger partial charge on any atom is 0.359 e. The minimum absolute atomic E-state index is 0.103. The highest BCUT2D eigenvalue weighted by atomic mass is 16.5. The molecule has 3 aromatic rings. The Kier molecular flexibility index (Phi) is 5.69. The molecule has 0 aliphatic rings. The van der Waals surface area contributed by atoms with Crippen molar-refractivity contribution in [3.8, 4) is 0 Å². The highest BCUT2D eigenvalue weighted by Gasteiger charge is 2.14. The van der Waals surface area contributed by atoms with Gasteiger partial charge in [-0.25, -0.2) is 9.78 Å². The highest BCUT2D eigenvalue weighted by Crippen LogP contribution is 2.17. The molecule has 3 rings (SSSR count). The fraction of sp³-hybridized carbons (Fsp3) is 0.200. The van der Waals surface area contributed by atoms with Crippen molar-refractivity contribution in [3.05, 3.63) is 65.6 Å². The Hall–Kier alpha value is -3.68. The summed E-state index contributed by atoms with van der Waals surface area (Å²) in [4.78, 5) is 40.0. The number of amides is 2. The SMILES string of the molecule is Cc1cccc(NC(=O)CNC(=O)COC(=O)c2cn3ccccc3n2)c1C. The van der Waals surface area contributed by atoms with E-state index in [4.69, 9.17) is 4.74 Å². The van der Waals surface area contributed by atoms with E-state index in [-0.39, 0.29) is 18.1 Å². The highest BCUT2D eigenvalue weighted by molar-refractivity contribution is 5.96. The molecular weight excluding hydrogens is 360 g/mol. The first kappa shape index (κ1) is 19.1. The van der Waals surface area contributed by atoms with E-state index in [1.54, 1.807) is 34.9 Å². The number of hydrogen-bond donors (Lipinski definition) is 2. The molecule has 2 aromatic heterocycles. The van der Waals surface area contributed by atoms with E-state index in [1.165, 1.54) is 6.20 Å². The molecule has 0 saturated heterocycles. The van der Waals surface area contributed by atoms with E-state index < -0.39 is 18.5 Å². The van der Waals surface area contributed by atoms with Gasteiger partial charge in [0.2, 0.25) is 5.91 Å². The maximum atomic E-state index is 12.0. The topological polar surface area (TPSA) is 102 Å². The number of benzene rings is 1. The van der Waals surface area contributed by atoms with Crippen LogP contribution in [-0.2, 0) is 14.3 Å². The largest absolute Gasteiger partial charge is 0.451 e. The number of pyridine rings is 1. The first-order valence-electron chi connectivity index (χ1n) is 8.67. The average Bonchev–Trinajstić information content (AvgIpc) is 3.12. The molecule has 0 bridgehead atoms. The number of fused-ring (bicyclic) bond motifs is 1. The van der Waals surface area contributed by atoms with Crippen LogP contribution in [0.1, 0.15) is 21.6 Å². The predicted octanol–water partition coefficient (Wildman–Crippen LogP) is 1.86. The predicted molar refractivity (Wildman–Crippen MR) is 103 cm³/mol. The van der Waals surface area contributed by atoms with Crippen molar-refractivity contribution in [2.45, 2.75) is 13.8 Å². The van der Waals surface area contributed by atoms with Crippen LogP contribution >= 0.6 is 0 Å². The molecule has 2 N–H and O–H groups in total. The third kappa shape index (κ3) is 4.53. The average molecular weight is 380 g/mol. The van der Waals surface area contributed by atoms with Crippen molar-refractivity contribution >= 4 is 29.1 Å². The summed E-state index contributed by atoms with van der Waals surface area (Å²) in [6, 6.07) is 10.9. The number of ether oxygens (including phenoxy) is 1. The van der Waals surface area contributed by atoms with Crippen LogP contribution in [-0.4, -0.2) is 40.3 Å². The van der Waals surface area contributed by atoms with Gasteiger partial charge in [0.05, 0.1) is 6.54 Å². The Morgan fingerprint density at radius 1 is 1.07 bits per heavy atom. The summed E-state index contributed by atoms with van der Waals surface area (Å²) >= 11 is 0. The van der Waals surface area contributed by atoms with E-state index in [1.807, 2.05) is 26.0 Å². The Bertz CT molecular complexity index is 1010. The molecular formula is C20H20N4O4. The number of rotatable bonds is 6. The number of carbonyl (C=O) groups is 3. The lowest BCUT2D eigenvalue weighted by atomic mass is 10.1. The molecule has 0 saturated carbocycles. The fourth-order valence-corrected chi connectivity index (χ4v) is 2.55. The van der Waals surface area contributed by atoms with Gasteiger partial charge in [-0.3, -0.25) is 9.59 Å². The number of carbonyl (C=O) groups excluding carboxylic acids is 3. The van der Waals surface area contributed by atoms with Crippen LogP contribution in [0.5, 0.6) is 0 Å². The van der Waals surface area contributed by atoms with Crippen LogP contribution in [0.15, 0.2) is 48.8 Å². The number of esters is 1. The second kappa shape index (κ2) is 8.34. The Labute approximate surface area is 161 Å².